The number of nitriles is 1. The van der Waals surface area contributed by atoms with Gasteiger partial charge in [-0.1, -0.05) is 18.2 Å². The molecule has 3 rings (SSSR count). The zero-order valence-electron chi connectivity index (χ0n) is 10.2. The number of anilines is 1. The van der Waals surface area contributed by atoms with Gasteiger partial charge in [0.15, 0.2) is 0 Å². The second kappa shape index (κ2) is 4.36. The lowest BCUT2D eigenvalue weighted by Gasteiger charge is -2.14. The number of imide groups is 1. The number of fused-ring (bicyclic) bond motifs is 1. The molecule has 0 radical (unpaired) electrons. The van der Waals surface area contributed by atoms with Gasteiger partial charge in [-0.25, -0.2) is 4.90 Å². The smallest absolute Gasteiger partial charge is 0.238 e. The summed E-state index contributed by atoms with van der Waals surface area (Å²) in [7, 11) is 0. The van der Waals surface area contributed by atoms with Crippen LogP contribution in [-0.2, 0) is 9.59 Å². The van der Waals surface area contributed by atoms with Crippen LogP contribution in [0.25, 0.3) is 0 Å². The molecule has 0 bridgehead atoms. The van der Waals surface area contributed by atoms with Crippen LogP contribution in [0.15, 0.2) is 36.4 Å². The highest BCUT2D eigenvalue weighted by atomic mass is 16.2. The fraction of sp³-hybridized carbons (Fsp3) is 0.267. The summed E-state index contributed by atoms with van der Waals surface area (Å²) in [6.07, 6.45) is 5.18. The molecule has 0 aromatic heterocycles. The van der Waals surface area contributed by atoms with E-state index in [0.29, 0.717) is 24.1 Å². The van der Waals surface area contributed by atoms with E-state index in [1.54, 1.807) is 24.3 Å². The number of carbonyl (C=O) groups is 2. The van der Waals surface area contributed by atoms with E-state index in [0.717, 1.165) is 0 Å². The van der Waals surface area contributed by atoms with Crippen LogP contribution in [0.5, 0.6) is 0 Å². The minimum Gasteiger partial charge on any atom is -0.274 e. The Labute approximate surface area is 110 Å². The lowest BCUT2D eigenvalue weighted by Crippen LogP contribution is -2.30. The maximum Gasteiger partial charge on any atom is 0.238 e. The molecular weight excluding hydrogens is 240 g/mol. The second-order valence-corrected chi connectivity index (χ2v) is 4.83. The van der Waals surface area contributed by atoms with E-state index in [2.05, 4.69) is 0 Å². The Morgan fingerprint density at radius 1 is 1.11 bits per heavy atom. The molecule has 2 atom stereocenters. The van der Waals surface area contributed by atoms with Crippen molar-refractivity contribution in [1.29, 1.82) is 5.26 Å². The van der Waals surface area contributed by atoms with Crippen LogP contribution < -0.4 is 4.90 Å². The van der Waals surface area contributed by atoms with Crippen molar-refractivity contribution in [2.45, 2.75) is 12.8 Å². The van der Waals surface area contributed by atoms with Crippen LogP contribution >= 0.6 is 0 Å². The fourth-order valence-corrected chi connectivity index (χ4v) is 2.77. The third kappa shape index (κ3) is 1.75. The summed E-state index contributed by atoms with van der Waals surface area (Å²) in [5.74, 6) is -0.754. The van der Waals surface area contributed by atoms with Crippen molar-refractivity contribution < 1.29 is 9.59 Å². The zero-order chi connectivity index (χ0) is 13.4. The molecule has 0 N–H and O–H groups in total. The first-order valence-electron chi connectivity index (χ1n) is 6.25. The second-order valence-electron chi connectivity index (χ2n) is 4.83. The molecule has 0 saturated carbocycles. The van der Waals surface area contributed by atoms with Gasteiger partial charge in [-0.2, -0.15) is 5.26 Å². The predicted molar refractivity (Wildman–Crippen MR) is 69.0 cm³/mol. The molecular formula is C15H12N2O2. The molecule has 0 spiro atoms. The Balaban J connectivity index is 2.00. The van der Waals surface area contributed by atoms with Gasteiger partial charge in [0.2, 0.25) is 11.8 Å². The minimum absolute atomic E-state index is 0.144. The Morgan fingerprint density at radius 3 is 2.32 bits per heavy atom. The number of nitrogens with zero attached hydrogens (tertiary/aromatic N) is 2. The average molecular weight is 252 g/mol. The summed E-state index contributed by atoms with van der Waals surface area (Å²) >= 11 is 0. The van der Waals surface area contributed by atoms with Gasteiger partial charge >= 0.3 is 0 Å². The van der Waals surface area contributed by atoms with E-state index in [1.807, 2.05) is 18.2 Å². The molecule has 1 heterocycles. The van der Waals surface area contributed by atoms with Gasteiger partial charge in [-0.15, -0.1) is 0 Å². The first-order valence-corrected chi connectivity index (χ1v) is 6.25. The van der Waals surface area contributed by atoms with E-state index in [1.165, 1.54) is 4.90 Å². The number of allylic oxidation sites excluding steroid dienone is 2. The van der Waals surface area contributed by atoms with Gasteiger partial charge in [-0.05, 0) is 31.0 Å². The van der Waals surface area contributed by atoms with Crippen molar-refractivity contribution in [3.05, 3.63) is 42.0 Å². The highest BCUT2D eigenvalue weighted by Gasteiger charge is 2.47. The molecule has 1 aromatic carbocycles. The molecule has 1 saturated heterocycles. The molecule has 19 heavy (non-hydrogen) atoms. The zero-order valence-corrected chi connectivity index (χ0v) is 10.2. The monoisotopic (exact) mass is 252 g/mol. The summed E-state index contributed by atoms with van der Waals surface area (Å²) in [4.78, 5) is 25.9. The van der Waals surface area contributed by atoms with Crippen LogP contribution in [0.1, 0.15) is 18.4 Å². The number of amides is 2. The van der Waals surface area contributed by atoms with Crippen LogP contribution in [-0.4, -0.2) is 11.8 Å². The van der Waals surface area contributed by atoms with Gasteiger partial charge in [0.05, 0.1) is 29.2 Å². The number of hydrogen-bond acceptors (Lipinski definition) is 3. The fourth-order valence-electron chi connectivity index (χ4n) is 2.77. The van der Waals surface area contributed by atoms with Crippen molar-refractivity contribution in [3.63, 3.8) is 0 Å². The molecule has 2 aliphatic rings. The Morgan fingerprint density at radius 2 is 1.74 bits per heavy atom. The highest BCUT2D eigenvalue weighted by molar-refractivity contribution is 6.22. The lowest BCUT2D eigenvalue weighted by molar-refractivity contribution is -0.122. The van der Waals surface area contributed by atoms with Crippen LogP contribution in [0.4, 0.5) is 5.69 Å². The van der Waals surface area contributed by atoms with E-state index < -0.39 is 0 Å². The summed E-state index contributed by atoms with van der Waals surface area (Å²) in [6.45, 7) is 0. The van der Waals surface area contributed by atoms with Gasteiger partial charge in [0.1, 0.15) is 0 Å². The summed E-state index contributed by atoms with van der Waals surface area (Å²) < 4.78 is 0. The molecule has 2 unspecified atom stereocenters. The Bertz CT molecular complexity index is 601. The Hall–Kier alpha value is -2.41. The predicted octanol–water partition coefficient (Wildman–Crippen LogP) is 2.01. The molecule has 4 nitrogen and oxygen atoms in total. The van der Waals surface area contributed by atoms with Crippen molar-refractivity contribution >= 4 is 17.5 Å². The third-order valence-corrected chi connectivity index (χ3v) is 3.74. The molecule has 4 heteroatoms. The maximum absolute atomic E-state index is 12.3. The topological polar surface area (TPSA) is 61.2 Å². The largest absolute Gasteiger partial charge is 0.274 e. The molecule has 2 amide bonds. The van der Waals surface area contributed by atoms with Crippen LogP contribution in [0, 0.1) is 23.2 Å². The van der Waals surface area contributed by atoms with Crippen molar-refractivity contribution in [1.82, 2.24) is 0 Å². The summed E-state index contributed by atoms with van der Waals surface area (Å²) in [5.41, 5.74) is 0.953. The highest BCUT2D eigenvalue weighted by Crippen LogP contribution is 2.37. The molecule has 1 aliphatic carbocycles. The van der Waals surface area contributed by atoms with E-state index in [-0.39, 0.29) is 23.7 Å². The van der Waals surface area contributed by atoms with Gasteiger partial charge in [-0.3, -0.25) is 9.59 Å². The molecule has 1 aliphatic heterocycles. The number of carbonyl (C=O) groups excluding carboxylic acids is 2. The van der Waals surface area contributed by atoms with E-state index in [9.17, 15) is 9.59 Å². The first kappa shape index (κ1) is 11.7. The third-order valence-electron chi connectivity index (χ3n) is 3.74. The van der Waals surface area contributed by atoms with Gasteiger partial charge in [0, 0.05) is 0 Å². The standard InChI is InChI=1S/C15H12N2O2/c16-9-10-4-3-5-11(8-10)17-14(18)12-6-1-2-7-13(12)15(17)19/h1-5,8,12-13H,6-7H2. The van der Waals surface area contributed by atoms with Crippen molar-refractivity contribution in [2.75, 3.05) is 4.90 Å². The normalized spacial score (nSPS) is 25.3. The van der Waals surface area contributed by atoms with Gasteiger partial charge < -0.3 is 0 Å². The first-order chi connectivity index (χ1) is 9.22. The molecule has 94 valence electrons. The lowest BCUT2D eigenvalue weighted by atomic mass is 9.85. The molecule has 1 fully saturated rings. The number of benzene rings is 1. The van der Waals surface area contributed by atoms with Crippen molar-refractivity contribution in [2.24, 2.45) is 11.8 Å². The Kier molecular flexibility index (Phi) is 2.68. The quantitative estimate of drug-likeness (QED) is 0.567. The molecule has 1 aromatic rings. The van der Waals surface area contributed by atoms with E-state index >= 15 is 0 Å². The SMILES string of the molecule is N#Cc1cccc(N2C(=O)C3CC=CCC3C2=O)c1. The summed E-state index contributed by atoms with van der Waals surface area (Å²) in [5, 5.41) is 8.89. The van der Waals surface area contributed by atoms with Crippen molar-refractivity contribution in [3.8, 4) is 6.07 Å². The van der Waals surface area contributed by atoms with Crippen LogP contribution in [0.3, 0.4) is 0 Å². The maximum atomic E-state index is 12.3. The van der Waals surface area contributed by atoms with Crippen LogP contribution in [0.2, 0.25) is 0 Å². The number of rotatable bonds is 1. The summed E-state index contributed by atoms with van der Waals surface area (Å²) in [6, 6.07) is 8.65. The van der Waals surface area contributed by atoms with Gasteiger partial charge in [0.25, 0.3) is 0 Å². The van der Waals surface area contributed by atoms with E-state index in [4.69, 9.17) is 5.26 Å². The number of hydrogen-bond donors (Lipinski definition) is 0. The minimum atomic E-state index is -0.233. The average Bonchev–Trinajstić information content (AvgIpc) is 2.72.